The molecule has 0 bridgehead atoms. The van der Waals surface area contributed by atoms with Crippen molar-refractivity contribution in [3.05, 3.63) is 63.6 Å². The van der Waals surface area contributed by atoms with Crippen molar-refractivity contribution in [1.29, 1.82) is 0 Å². The Balaban J connectivity index is 2.08. The van der Waals surface area contributed by atoms with Gasteiger partial charge in [-0.25, -0.2) is 0 Å². The molecule has 0 aromatic heterocycles. The van der Waals surface area contributed by atoms with Gasteiger partial charge in [0.15, 0.2) is 0 Å². The summed E-state index contributed by atoms with van der Waals surface area (Å²) in [7, 11) is 2.13. The van der Waals surface area contributed by atoms with Crippen molar-refractivity contribution in [3.63, 3.8) is 0 Å². The van der Waals surface area contributed by atoms with E-state index in [1.54, 1.807) is 0 Å². The van der Waals surface area contributed by atoms with Gasteiger partial charge in [-0.2, -0.15) is 0 Å². The van der Waals surface area contributed by atoms with Crippen LogP contribution in [0.2, 0.25) is 0 Å². The van der Waals surface area contributed by atoms with Crippen LogP contribution in [0.3, 0.4) is 0 Å². The van der Waals surface area contributed by atoms with E-state index in [4.69, 9.17) is 0 Å². The van der Waals surface area contributed by atoms with Gasteiger partial charge in [-0.15, -0.1) is 0 Å². The summed E-state index contributed by atoms with van der Waals surface area (Å²) in [6.45, 7) is 7.06. The van der Waals surface area contributed by atoms with Crippen molar-refractivity contribution < 1.29 is 0 Å². The second kappa shape index (κ2) is 7.62. The molecule has 0 fully saturated rings. The van der Waals surface area contributed by atoms with E-state index in [9.17, 15) is 0 Å². The lowest BCUT2D eigenvalue weighted by atomic mass is 10.1. The summed E-state index contributed by atoms with van der Waals surface area (Å²) in [6.07, 6.45) is 0. The lowest BCUT2D eigenvalue weighted by Gasteiger charge is -2.21. The maximum absolute atomic E-state index is 3.70. The molecule has 2 aromatic rings. The third-order valence-corrected chi connectivity index (χ3v) is 4.18. The first-order valence-electron chi connectivity index (χ1n) is 7.36. The van der Waals surface area contributed by atoms with Gasteiger partial charge in [0.25, 0.3) is 0 Å². The number of halogens is 1. The van der Waals surface area contributed by atoms with E-state index in [0.717, 1.165) is 24.1 Å². The first kappa shape index (κ1) is 16.1. The van der Waals surface area contributed by atoms with Gasteiger partial charge in [0.1, 0.15) is 0 Å². The number of hydrogen-bond acceptors (Lipinski definition) is 2. The molecule has 0 aliphatic rings. The molecule has 1 N–H and O–H groups in total. The second-order valence-electron chi connectivity index (χ2n) is 5.41. The number of nitrogens with one attached hydrogen (secondary N) is 1. The largest absolute Gasteiger partial charge is 0.369 e. The average molecular weight is 347 g/mol. The van der Waals surface area contributed by atoms with E-state index < -0.39 is 0 Å². The Hall–Kier alpha value is -1.32. The zero-order valence-corrected chi connectivity index (χ0v) is 14.6. The smallest absolute Gasteiger partial charge is 0.0511 e. The molecule has 3 heteroatoms. The molecule has 0 spiro atoms. The molecule has 2 rings (SSSR count). The summed E-state index contributed by atoms with van der Waals surface area (Å²) in [5.74, 6) is 0. The third-order valence-electron chi connectivity index (χ3n) is 3.54. The highest BCUT2D eigenvalue weighted by molar-refractivity contribution is 9.10. The molecule has 0 heterocycles. The topological polar surface area (TPSA) is 15.3 Å². The summed E-state index contributed by atoms with van der Waals surface area (Å²) in [5.41, 5.74) is 5.15. The summed E-state index contributed by atoms with van der Waals surface area (Å²) >= 11 is 3.70. The molecule has 2 nitrogen and oxygen atoms in total. The molecule has 112 valence electrons. The van der Waals surface area contributed by atoms with Gasteiger partial charge in [-0.3, -0.25) is 0 Å². The molecule has 0 saturated carbocycles. The lowest BCUT2D eigenvalue weighted by molar-refractivity contribution is 0.726. The number of benzene rings is 2. The minimum Gasteiger partial charge on any atom is -0.369 e. The second-order valence-corrected chi connectivity index (χ2v) is 6.26. The van der Waals surface area contributed by atoms with Crippen molar-refractivity contribution in [3.8, 4) is 0 Å². The molecular weight excluding hydrogens is 324 g/mol. The predicted molar refractivity (Wildman–Crippen MR) is 94.8 cm³/mol. The third kappa shape index (κ3) is 4.58. The van der Waals surface area contributed by atoms with Crippen molar-refractivity contribution in [2.24, 2.45) is 0 Å². The number of anilines is 1. The van der Waals surface area contributed by atoms with E-state index in [1.807, 2.05) is 0 Å². The van der Waals surface area contributed by atoms with Crippen LogP contribution >= 0.6 is 15.9 Å². The highest BCUT2D eigenvalue weighted by Crippen LogP contribution is 2.27. The van der Waals surface area contributed by atoms with Gasteiger partial charge in [-0.05, 0) is 52.7 Å². The van der Waals surface area contributed by atoms with Crippen LogP contribution in [-0.4, -0.2) is 13.6 Å². The molecule has 2 aromatic carbocycles. The fourth-order valence-corrected chi connectivity index (χ4v) is 3.02. The van der Waals surface area contributed by atoms with Crippen molar-refractivity contribution >= 4 is 21.6 Å². The Morgan fingerprint density at radius 3 is 2.33 bits per heavy atom. The normalized spacial score (nSPS) is 10.7. The standard InChI is InChI=1S/C18H23BrN2/c1-4-20-12-16-9-10-18(17(19)11-16)21(3)13-15-7-5-14(2)6-8-15/h5-11,20H,4,12-13H2,1-3H3. The minimum absolute atomic E-state index is 0.908. The summed E-state index contributed by atoms with van der Waals surface area (Å²) < 4.78 is 1.15. The highest BCUT2D eigenvalue weighted by atomic mass is 79.9. The molecule has 21 heavy (non-hydrogen) atoms. The van der Waals surface area contributed by atoms with Crippen LogP contribution < -0.4 is 10.2 Å². The predicted octanol–water partition coefficient (Wildman–Crippen LogP) is 4.50. The van der Waals surface area contributed by atoms with Crippen LogP contribution in [0.1, 0.15) is 23.6 Å². The number of hydrogen-bond donors (Lipinski definition) is 1. The van der Waals surface area contributed by atoms with Gasteiger partial charge in [0, 0.05) is 24.6 Å². The molecule has 0 saturated heterocycles. The molecule has 0 aliphatic heterocycles. The van der Waals surface area contributed by atoms with E-state index in [2.05, 4.69) is 89.5 Å². The Labute approximate surface area is 136 Å². The summed E-state index contributed by atoms with van der Waals surface area (Å²) in [5, 5.41) is 3.35. The van der Waals surface area contributed by atoms with E-state index >= 15 is 0 Å². The van der Waals surface area contributed by atoms with Gasteiger partial charge < -0.3 is 10.2 Å². The van der Waals surface area contributed by atoms with E-state index in [1.165, 1.54) is 22.4 Å². The summed E-state index contributed by atoms with van der Waals surface area (Å²) in [6, 6.07) is 15.3. The Kier molecular flexibility index (Phi) is 5.83. The van der Waals surface area contributed by atoms with Gasteiger partial charge in [0.05, 0.1) is 5.69 Å². The molecule has 0 unspecified atom stereocenters. The molecule has 0 atom stereocenters. The number of aryl methyl sites for hydroxylation is 1. The van der Waals surface area contributed by atoms with Gasteiger partial charge >= 0.3 is 0 Å². The van der Waals surface area contributed by atoms with Crippen molar-refractivity contribution in [2.75, 3.05) is 18.5 Å². The maximum atomic E-state index is 3.70. The Morgan fingerprint density at radius 2 is 1.71 bits per heavy atom. The Bertz CT molecular complexity index is 578. The number of nitrogens with zero attached hydrogens (tertiary/aromatic N) is 1. The molecule has 0 radical (unpaired) electrons. The number of rotatable bonds is 6. The van der Waals surface area contributed by atoms with Crippen LogP contribution in [0.25, 0.3) is 0 Å². The van der Waals surface area contributed by atoms with Crippen LogP contribution in [0.4, 0.5) is 5.69 Å². The SMILES string of the molecule is CCNCc1ccc(N(C)Cc2ccc(C)cc2)c(Br)c1. The first-order valence-corrected chi connectivity index (χ1v) is 8.15. The van der Waals surface area contributed by atoms with Gasteiger partial charge in [0.2, 0.25) is 0 Å². The van der Waals surface area contributed by atoms with E-state index in [-0.39, 0.29) is 0 Å². The molecule has 0 aliphatic carbocycles. The molecule has 0 amide bonds. The highest BCUT2D eigenvalue weighted by Gasteiger charge is 2.07. The zero-order chi connectivity index (χ0) is 15.2. The van der Waals surface area contributed by atoms with Crippen LogP contribution in [0.15, 0.2) is 46.9 Å². The maximum Gasteiger partial charge on any atom is 0.0511 e. The van der Waals surface area contributed by atoms with Gasteiger partial charge in [-0.1, -0.05) is 42.8 Å². The fourth-order valence-electron chi connectivity index (χ4n) is 2.29. The zero-order valence-electron chi connectivity index (χ0n) is 13.0. The lowest BCUT2D eigenvalue weighted by Crippen LogP contribution is -2.17. The fraction of sp³-hybridized carbons (Fsp3) is 0.333. The van der Waals surface area contributed by atoms with E-state index in [0.29, 0.717) is 0 Å². The Morgan fingerprint density at radius 1 is 1.05 bits per heavy atom. The monoisotopic (exact) mass is 346 g/mol. The van der Waals surface area contributed by atoms with Crippen molar-refractivity contribution in [1.82, 2.24) is 5.32 Å². The first-order chi connectivity index (χ1) is 10.1. The average Bonchev–Trinajstić information content (AvgIpc) is 2.47. The van der Waals surface area contributed by atoms with Crippen LogP contribution in [0, 0.1) is 6.92 Å². The quantitative estimate of drug-likeness (QED) is 0.828. The summed E-state index contributed by atoms with van der Waals surface area (Å²) in [4.78, 5) is 2.27. The van der Waals surface area contributed by atoms with Crippen LogP contribution in [-0.2, 0) is 13.1 Å². The van der Waals surface area contributed by atoms with Crippen LogP contribution in [0.5, 0.6) is 0 Å². The van der Waals surface area contributed by atoms with Crippen molar-refractivity contribution in [2.45, 2.75) is 26.9 Å². The molecular formula is C18H23BrN2. The minimum atomic E-state index is 0.908.